The Morgan fingerprint density at radius 1 is 1.14 bits per heavy atom. The van der Waals surface area contributed by atoms with Crippen molar-refractivity contribution in [1.82, 2.24) is 10.2 Å². The first kappa shape index (κ1) is 19.7. The maximum Gasteiger partial charge on any atom is 0.251 e. The standard InChI is InChI=1S/C22H25N3O3/c1-25-11-10-18(24-22(26)16-6-4-15(14-23)5-7-16)13-19(25)17-8-9-20(27-2)21(12-17)28-3/h4-9,12,18-19H,10-11,13H2,1-3H3,(H,24,26). The topological polar surface area (TPSA) is 74.6 Å². The van der Waals surface area contributed by atoms with E-state index >= 15 is 0 Å². The van der Waals surface area contributed by atoms with Gasteiger partial charge in [0, 0.05) is 24.2 Å². The Balaban J connectivity index is 1.72. The maximum atomic E-state index is 12.6. The number of amides is 1. The summed E-state index contributed by atoms with van der Waals surface area (Å²) in [5, 5.41) is 12.0. The van der Waals surface area contributed by atoms with Crippen LogP contribution in [0.25, 0.3) is 0 Å². The van der Waals surface area contributed by atoms with Crippen LogP contribution >= 0.6 is 0 Å². The van der Waals surface area contributed by atoms with Crippen molar-refractivity contribution in [1.29, 1.82) is 5.26 Å². The minimum Gasteiger partial charge on any atom is -0.493 e. The van der Waals surface area contributed by atoms with Gasteiger partial charge >= 0.3 is 0 Å². The van der Waals surface area contributed by atoms with E-state index in [1.54, 1.807) is 38.5 Å². The molecule has 0 aliphatic carbocycles. The molecule has 3 rings (SSSR count). The third-order valence-corrected chi connectivity index (χ3v) is 5.27. The second-order valence-electron chi connectivity index (χ2n) is 6.99. The molecule has 0 bridgehead atoms. The molecule has 0 saturated carbocycles. The van der Waals surface area contributed by atoms with Gasteiger partial charge in [-0.25, -0.2) is 0 Å². The van der Waals surface area contributed by atoms with E-state index in [1.807, 2.05) is 18.2 Å². The highest BCUT2D eigenvalue weighted by atomic mass is 16.5. The molecule has 0 aromatic heterocycles. The molecule has 1 saturated heterocycles. The van der Waals surface area contributed by atoms with Crippen molar-refractivity contribution in [3.8, 4) is 17.6 Å². The number of hydrogen-bond acceptors (Lipinski definition) is 5. The summed E-state index contributed by atoms with van der Waals surface area (Å²) in [5.41, 5.74) is 2.25. The minimum absolute atomic E-state index is 0.0810. The summed E-state index contributed by atoms with van der Waals surface area (Å²) in [4.78, 5) is 14.9. The third kappa shape index (κ3) is 4.26. The second kappa shape index (κ2) is 8.77. The molecule has 1 heterocycles. The van der Waals surface area contributed by atoms with Crippen LogP contribution in [0, 0.1) is 11.3 Å². The molecule has 2 aromatic rings. The molecule has 28 heavy (non-hydrogen) atoms. The molecule has 0 radical (unpaired) electrons. The van der Waals surface area contributed by atoms with Gasteiger partial charge in [0.25, 0.3) is 5.91 Å². The number of nitrogens with one attached hydrogen (secondary N) is 1. The van der Waals surface area contributed by atoms with Gasteiger partial charge in [0.1, 0.15) is 0 Å². The van der Waals surface area contributed by atoms with E-state index in [1.165, 1.54) is 0 Å². The minimum atomic E-state index is -0.106. The number of carbonyl (C=O) groups excluding carboxylic acids is 1. The number of likely N-dealkylation sites (tertiary alicyclic amines) is 1. The molecule has 146 valence electrons. The summed E-state index contributed by atoms with van der Waals surface area (Å²) in [6.07, 6.45) is 1.70. The molecule has 2 atom stereocenters. The summed E-state index contributed by atoms with van der Waals surface area (Å²) in [7, 11) is 5.35. The lowest BCUT2D eigenvalue weighted by molar-refractivity contribution is 0.0888. The normalized spacial score (nSPS) is 19.5. The van der Waals surface area contributed by atoms with Gasteiger partial charge < -0.3 is 14.8 Å². The van der Waals surface area contributed by atoms with Crippen LogP contribution in [0.2, 0.25) is 0 Å². The number of benzene rings is 2. The zero-order valence-corrected chi connectivity index (χ0v) is 16.4. The molecule has 1 fully saturated rings. The summed E-state index contributed by atoms with van der Waals surface area (Å²) < 4.78 is 10.8. The molecule has 1 N–H and O–H groups in total. The molecule has 2 unspecified atom stereocenters. The van der Waals surface area contributed by atoms with E-state index in [0.29, 0.717) is 22.6 Å². The fourth-order valence-corrected chi connectivity index (χ4v) is 3.63. The molecule has 0 spiro atoms. The Labute approximate surface area is 165 Å². The van der Waals surface area contributed by atoms with Crippen molar-refractivity contribution in [3.63, 3.8) is 0 Å². The van der Waals surface area contributed by atoms with E-state index in [-0.39, 0.29) is 18.0 Å². The van der Waals surface area contributed by atoms with Gasteiger partial charge in [-0.1, -0.05) is 6.07 Å². The maximum absolute atomic E-state index is 12.6. The smallest absolute Gasteiger partial charge is 0.251 e. The van der Waals surface area contributed by atoms with Crippen LogP contribution in [0.4, 0.5) is 0 Å². The highest BCUT2D eigenvalue weighted by Gasteiger charge is 2.29. The summed E-state index contributed by atoms with van der Waals surface area (Å²) in [5.74, 6) is 1.30. The van der Waals surface area contributed by atoms with Crippen molar-refractivity contribution in [2.45, 2.75) is 24.9 Å². The summed E-state index contributed by atoms with van der Waals surface area (Å²) in [6, 6.07) is 15.0. The Kier molecular flexibility index (Phi) is 6.17. The average Bonchev–Trinajstić information content (AvgIpc) is 2.74. The van der Waals surface area contributed by atoms with Gasteiger partial charge in [-0.05, 0) is 61.9 Å². The Morgan fingerprint density at radius 3 is 2.50 bits per heavy atom. The fourth-order valence-electron chi connectivity index (χ4n) is 3.63. The van der Waals surface area contributed by atoms with Crippen molar-refractivity contribution < 1.29 is 14.3 Å². The Hall–Kier alpha value is -3.04. The van der Waals surface area contributed by atoms with Crippen LogP contribution in [-0.2, 0) is 0 Å². The third-order valence-electron chi connectivity index (χ3n) is 5.27. The summed E-state index contributed by atoms with van der Waals surface area (Å²) >= 11 is 0. The molecule has 6 heteroatoms. The lowest BCUT2D eigenvalue weighted by Crippen LogP contribution is -2.44. The molecule has 1 amide bonds. The van der Waals surface area contributed by atoms with Gasteiger partial charge in [0.15, 0.2) is 11.5 Å². The summed E-state index contributed by atoms with van der Waals surface area (Å²) in [6.45, 7) is 0.886. The van der Waals surface area contributed by atoms with Gasteiger partial charge in [-0.2, -0.15) is 5.26 Å². The number of nitrogens with zero attached hydrogens (tertiary/aromatic N) is 2. The van der Waals surface area contributed by atoms with Crippen molar-refractivity contribution in [2.24, 2.45) is 0 Å². The van der Waals surface area contributed by atoms with E-state index in [4.69, 9.17) is 14.7 Å². The number of carbonyl (C=O) groups is 1. The number of nitriles is 1. The van der Waals surface area contributed by atoms with Crippen molar-refractivity contribution in [3.05, 3.63) is 59.2 Å². The van der Waals surface area contributed by atoms with E-state index in [9.17, 15) is 4.79 Å². The van der Waals surface area contributed by atoms with Crippen LogP contribution in [0.5, 0.6) is 11.5 Å². The molecular formula is C22H25N3O3. The van der Waals surface area contributed by atoms with E-state index in [0.717, 1.165) is 24.9 Å². The number of rotatable bonds is 5. The highest BCUT2D eigenvalue weighted by molar-refractivity contribution is 5.94. The molecule has 6 nitrogen and oxygen atoms in total. The van der Waals surface area contributed by atoms with Crippen LogP contribution in [0.3, 0.4) is 0 Å². The quantitative estimate of drug-likeness (QED) is 0.864. The Morgan fingerprint density at radius 2 is 1.86 bits per heavy atom. The number of piperidine rings is 1. The Bertz CT molecular complexity index is 874. The second-order valence-corrected chi connectivity index (χ2v) is 6.99. The number of methoxy groups -OCH3 is 2. The van der Waals surface area contributed by atoms with E-state index in [2.05, 4.69) is 23.3 Å². The first-order valence-corrected chi connectivity index (χ1v) is 9.29. The molecular weight excluding hydrogens is 354 g/mol. The number of ether oxygens (including phenoxy) is 2. The number of hydrogen-bond donors (Lipinski definition) is 1. The molecule has 2 aromatic carbocycles. The van der Waals surface area contributed by atoms with Gasteiger partial charge in [0.2, 0.25) is 0 Å². The fraction of sp³-hybridized carbons (Fsp3) is 0.364. The highest BCUT2D eigenvalue weighted by Crippen LogP contribution is 2.35. The van der Waals surface area contributed by atoms with Gasteiger partial charge in [-0.15, -0.1) is 0 Å². The lowest BCUT2D eigenvalue weighted by Gasteiger charge is -2.38. The van der Waals surface area contributed by atoms with Crippen LogP contribution < -0.4 is 14.8 Å². The lowest BCUT2D eigenvalue weighted by atomic mass is 9.91. The SMILES string of the molecule is COc1ccc(C2CC(NC(=O)c3ccc(C#N)cc3)CCN2C)cc1OC. The van der Waals surface area contributed by atoms with Gasteiger partial charge in [0.05, 0.1) is 25.9 Å². The molecule has 1 aliphatic heterocycles. The van der Waals surface area contributed by atoms with Crippen molar-refractivity contribution in [2.75, 3.05) is 27.8 Å². The monoisotopic (exact) mass is 379 g/mol. The molecule has 1 aliphatic rings. The zero-order chi connectivity index (χ0) is 20.1. The van der Waals surface area contributed by atoms with Crippen LogP contribution in [0.1, 0.15) is 40.4 Å². The van der Waals surface area contributed by atoms with Crippen LogP contribution in [0.15, 0.2) is 42.5 Å². The zero-order valence-electron chi connectivity index (χ0n) is 16.4. The predicted molar refractivity (Wildman–Crippen MR) is 107 cm³/mol. The average molecular weight is 379 g/mol. The van der Waals surface area contributed by atoms with Crippen molar-refractivity contribution >= 4 is 5.91 Å². The predicted octanol–water partition coefficient (Wildman–Crippen LogP) is 3.14. The largest absolute Gasteiger partial charge is 0.493 e. The first-order valence-electron chi connectivity index (χ1n) is 9.29. The first-order chi connectivity index (χ1) is 13.5. The van der Waals surface area contributed by atoms with Gasteiger partial charge in [-0.3, -0.25) is 9.69 Å². The van der Waals surface area contributed by atoms with E-state index < -0.39 is 0 Å². The van der Waals surface area contributed by atoms with Crippen LogP contribution in [-0.4, -0.2) is 44.7 Å².